The summed E-state index contributed by atoms with van der Waals surface area (Å²) in [4.78, 5) is 28.1. The van der Waals surface area contributed by atoms with E-state index < -0.39 is 23.6 Å². The Labute approximate surface area is 191 Å². The quantitative estimate of drug-likeness (QED) is 0.332. The van der Waals surface area contributed by atoms with Gasteiger partial charge in [0.05, 0.1) is 11.3 Å². The molecule has 7 nitrogen and oxygen atoms in total. The smallest absolute Gasteiger partial charge is 0.355 e. The Hall–Kier alpha value is -4.15. The fourth-order valence-electron chi connectivity index (χ4n) is 3.07. The van der Waals surface area contributed by atoms with Crippen molar-refractivity contribution >= 4 is 40.5 Å². The van der Waals surface area contributed by atoms with Crippen molar-refractivity contribution in [3.63, 3.8) is 0 Å². The molecule has 1 aliphatic rings. The molecule has 0 aliphatic heterocycles. The molecule has 0 bridgehead atoms. The highest BCUT2D eigenvalue weighted by Crippen LogP contribution is 2.31. The van der Waals surface area contributed by atoms with Crippen molar-refractivity contribution in [3.8, 4) is 0 Å². The highest BCUT2D eigenvalue weighted by Gasteiger charge is 2.31. The van der Waals surface area contributed by atoms with Gasteiger partial charge in [0.2, 0.25) is 5.91 Å². The standard InChI is InChI=1S/C23H19F4N5O2/c24-18-11-16(29-17-8-9-28-20(12-17)32-21(33)13-4-5-13)6-7-19(18)31-22(34)30-15-3-1-2-14(10-15)23(25,26)27/h1-3,6-13H,4-5H2,(H2,30,31,34)(H2,28,29,32,33). The molecule has 1 fully saturated rings. The van der Waals surface area contributed by atoms with Crippen LogP contribution in [0.25, 0.3) is 0 Å². The minimum absolute atomic E-state index is 0.0262. The summed E-state index contributed by atoms with van der Waals surface area (Å²) in [6, 6.07) is 10.4. The number of halogens is 4. The Bertz CT molecular complexity index is 1230. The highest BCUT2D eigenvalue weighted by molar-refractivity contribution is 6.00. The van der Waals surface area contributed by atoms with Crippen LogP contribution in [-0.4, -0.2) is 16.9 Å². The van der Waals surface area contributed by atoms with Crippen LogP contribution in [0.1, 0.15) is 18.4 Å². The van der Waals surface area contributed by atoms with E-state index in [1.807, 2.05) is 0 Å². The zero-order valence-corrected chi connectivity index (χ0v) is 17.5. The van der Waals surface area contributed by atoms with Gasteiger partial charge in [-0.05, 0) is 55.3 Å². The number of benzene rings is 2. The number of aromatic nitrogens is 1. The van der Waals surface area contributed by atoms with Gasteiger partial charge >= 0.3 is 12.2 Å². The molecule has 0 unspecified atom stereocenters. The fourth-order valence-corrected chi connectivity index (χ4v) is 3.07. The van der Waals surface area contributed by atoms with Crippen molar-refractivity contribution in [1.29, 1.82) is 0 Å². The largest absolute Gasteiger partial charge is 0.416 e. The molecule has 1 saturated carbocycles. The third kappa shape index (κ3) is 6.00. The van der Waals surface area contributed by atoms with E-state index in [1.165, 1.54) is 24.4 Å². The van der Waals surface area contributed by atoms with Gasteiger partial charge in [-0.25, -0.2) is 14.2 Å². The summed E-state index contributed by atoms with van der Waals surface area (Å²) in [6.45, 7) is 0. The van der Waals surface area contributed by atoms with Crippen LogP contribution in [0.2, 0.25) is 0 Å². The van der Waals surface area contributed by atoms with Crippen LogP contribution in [0.15, 0.2) is 60.8 Å². The topological polar surface area (TPSA) is 95.2 Å². The maximum Gasteiger partial charge on any atom is 0.416 e. The third-order valence-electron chi connectivity index (χ3n) is 4.91. The molecule has 1 heterocycles. The van der Waals surface area contributed by atoms with E-state index in [2.05, 4.69) is 26.3 Å². The van der Waals surface area contributed by atoms with Gasteiger partial charge in [0.15, 0.2) is 0 Å². The first kappa shape index (κ1) is 23.0. The maximum absolute atomic E-state index is 14.5. The summed E-state index contributed by atoms with van der Waals surface area (Å²) >= 11 is 0. The van der Waals surface area contributed by atoms with Crippen molar-refractivity contribution in [2.45, 2.75) is 19.0 Å². The number of anilines is 5. The molecule has 1 aromatic heterocycles. The average Bonchev–Trinajstić information content (AvgIpc) is 3.61. The Balaban J connectivity index is 1.38. The van der Waals surface area contributed by atoms with Gasteiger partial charge in [0.1, 0.15) is 11.6 Å². The van der Waals surface area contributed by atoms with Gasteiger partial charge in [0.25, 0.3) is 0 Å². The Morgan fingerprint density at radius 2 is 1.65 bits per heavy atom. The number of pyridine rings is 1. The zero-order valence-electron chi connectivity index (χ0n) is 17.5. The SMILES string of the molecule is O=C(Nc1cccc(C(F)(F)F)c1)Nc1ccc(Nc2ccnc(NC(=O)C3CC3)c2)cc1F. The summed E-state index contributed by atoms with van der Waals surface area (Å²) in [5.74, 6) is -0.458. The number of nitrogens with one attached hydrogen (secondary N) is 4. The minimum atomic E-state index is -4.55. The number of amides is 3. The van der Waals surface area contributed by atoms with Crippen LogP contribution in [0, 0.1) is 11.7 Å². The average molecular weight is 473 g/mol. The molecule has 0 atom stereocenters. The highest BCUT2D eigenvalue weighted by atomic mass is 19.4. The predicted octanol–water partition coefficient (Wildman–Crippen LogP) is 5.98. The van der Waals surface area contributed by atoms with E-state index >= 15 is 0 Å². The van der Waals surface area contributed by atoms with Gasteiger partial charge in [-0.1, -0.05) is 6.07 Å². The van der Waals surface area contributed by atoms with Gasteiger partial charge in [-0.3, -0.25) is 4.79 Å². The van der Waals surface area contributed by atoms with Crippen LogP contribution in [-0.2, 0) is 11.0 Å². The van der Waals surface area contributed by atoms with Crippen molar-refractivity contribution in [2.75, 3.05) is 21.3 Å². The number of carbonyl (C=O) groups is 2. The number of hydrogen-bond donors (Lipinski definition) is 4. The van der Waals surface area contributed by atoms with Crippen LogP contribution < -0.4 is 21.3 Å². The van der Waals surface area contributed by atoms with Crippen LogP contribution in [0.4, 0.5) is 50.9 Å². The lowest BCUT2D eigenvalue weighted by atomic mass is 10.2. The second kappa shape index (κ2) is 9.38. The number of rotatable bonds is 6. The van der Waals surface area contributed by atoms with Crippen molar-refractivity contribution in [2.24, 2.45) is 5.92 Å². The Kier molecular flexibility index (Phi) is 6.35. The molecule has 3 aromatic rings. The first-order valence-electron chi connectivity index (χ1n) is 10.3. The monoisotopic (exact) mass is 473 g/mol. The van der Waals surface area contributed by atoms with E-state index in [-0.39, 0.29) is 23.2 Å². The maximum atomic E-state index is 14.5. The van der Waals surface area contributed by atoms with E-state index in [4.69, 9.17) is 0 Å². The van der Waals surface area contributed by atoms with Gasteiger partial charge in [-0.2, -0.15) is 13.2 Å². The Morgan fingerprint density at radius 1 is 0.882 bits per heavy atom. The van der Waals surface area contributed by atoms with E-state index in [0.717, 1.165) is 37.1 Å². The molecule has 176 valence electrons. The lowest BCUT2D eigenvalue weighted by Crippen LogP contribution is -2.20. The summed E-state index contributed by atoms with van der Waals surface area (Å²) < 4.78 is 52.9. The number of hydrogen-bond acceptors (Lipinski definition) is 4. The molecule has 34 heavy (non-hydrogen) atoms. The molecule has 3 amide bonds. The summed E-state index contributed by atoms with van der Waals surface area (Å²) in [5.41, 5.74) is -0.246. The molecule has 0 saturated heterocycles. The molecule has 4 N–H and O–H groups in total. The molecule has 0 spiro atoms. The van der Waals surface area contributed by atoms with Crippen molar-refractivity contribution in [3.05, 3.63) is 72.2 Å². The summed E-state index contributed by atoms with van der Waals surface area (Å²) in [7, 11) is 0. The van der Waals surface area contributed by atoms with Gasteiger partial charge in [-0.15, -0.1) is 0 Å². The van der Waals surface area contributed by atoms with E-state index in [0.29, 0.717) is 17.2 Å². The minimum Gasteiger partial charge on any atom is -0.355 e. The molecule has 11 heteroatoms. The lowest BCUT2D eigenvalue weighted by molar-refractivity contribution is -0.137. The fraction of sp³-hybridized carbons (Fsp3) is 0.174. The number of nitrogens with zero attached hydrogens (tertiary/aromatic N) is 1. The lowest BCUT2D eigenvalue weighted by Gasteiger charge is -2.12. The normalized spacial score (nSPS) is 13.2. The molecular weight excluding hydrogens is 454 g/mol. The predicted molar refractivity (Wildman–Crippen MR) is 119 cm³/mol. The van der Waals surface area contributed by atoms with E-state index in [9.17, 15) is 27.2 Å². The first-order chi connectivity index (χ1) is 16.2. The van der Waals surface area contributed by atoms with E-state index in [1.54, 1.807) is 12.1 Å². The van der Waals surface area contributed by atoms with Gasteiger partial charge < -0.3 is 21.3 Å². The summed E-state index contributed by atoms with van der Waals surface area (Å²) in [6.07, 6.45) is -1.33. The van der Waals surface area contributed by atoms with Crippen LogP contribution in [0.5, 0.6) is 0 Å². The molecule has 4 rings (SSSR count). The second-order valence-corrected chi connectivity index (χ2v) is 7.67. The first-order valence-corrected chi connectivity index (χ1v) is 10.3. The van der Waals surface area contributed by atoms with Crippen molar-refractivity contribution in [1.82, 2.24) is 4.98 Å². The molecular formula is C23H19F4N5O2. The molecule has 2 aromatic carbocycles. The number of urea groups is 1. The third-order valence-corrected chi connectivity index (χ3v) is 4.91. The van der Waals surface area contributed by atoms with Crippen LogP contribution in [0.3, 0.4) is 0 Å². The number of carbonyl (C=O) groups excluding carboxylic acids is 2. The molecule has 1 aliphatic carbocycles. The molecule has 0 radical (unpaired) electrons. The summed E-state index contributed by atoms with van der Waals surface area (Å²) in [5, 5.41) is 10.2. The van der Waals surface area contributed by atoms with Crippen molar-refractivity contribution < 1.29 is 27.2 Å². The second-order valence-electron chi connectivity index (χ2n) is 7.67. The number of alkyl halides is 3. The zero-order chi connectivity index (χ0) is 24.3. The Morgan fingerprint density at radius 3 is 2.35 bits per heavy atom. The van der Waals surface area contributed by atoms with Gasteiger partial charge in [0, 0.05) is 35.2 Å². The van der Waals surface area contributed by atoms with Crippen LogP contribution >= 0.6 is 0 Å².